The van der Waals surface area contributed by atoms with E-state index in [2.05, 4.69) is 26.0 Å². The summed E-state index contributed by atoms with van der Waals surface area (Å²) >= 11 is 0. The molecule has 2 aromatic carbocycles. The summed E-state index contributed by atoms with van der Waals surface area (Å²) in [7, 11) is 3.35. The van der Waals surface area contributed by atoms with E-state index < -0.39 is 6.10 Å². The van der Waals surface area contributed by atoms with Crippen LogP contribution in [0.1, 0.15) is 43.9 Å². The van der Waals surface area contributed by atoms with Crippen molar-refractivity contribution in [2.24, 2.45) is 0 Å². The van der Waals surface area contributed by atoms with E-state index in [4.69, 9.17) is 4.74 Å². The van der Waals surface area contributed by atoms with Gasteiger partial charge in [0, 0.05) is 13.5 Å². The molecule has 0 bridgehead atoms. The molecule has 1 unspecified atom stereocenters. The van der Waals surface area contributed by atoms with Crippen molar-refractivity contribution in [3.8, 4) is 5.75 Å². The molecule has 1 atom stereocenters. The first kappa shape index (κ1) is 20.0. The molecule has 0 aliphatic rings. The molecule has 0 saturated carbocycles. The fraction of sp³-hybridized carbons (Fsp3) is 0.409. The SMILES string of the molecule is COc1ccc(C(O)CN(C)C(=O)CCC(C)(C)c2ccccc2)cc1. The fourth-order valence-corrected chi connectivity index (χ4v) is 2.94. The first-order chi connectivity index (χ1) is 12.3. The van der Waals surface area contributed by atoms with Crippen molar-refractivity contribution in [3.05, 3.63) is 65.7 Å². The number of hydrogen-bond acceptors (Lipinski definition) is 3. The Hall–Kier alpha value is -2.33. The van der Waals surface area contributed by atoms with Crippen molar-refractivity contribution < 1.29 is 14.6 Å². The lowest BCUT2D eigenvalue weighted by Gasteiger charge is -2.27. The monoisotopic (exact) mass is 355 g/mol. The lowest BCUT2D eigenvalue weighted by Crippen LogP contribution is -2.32. The van der Waals surface area contributed by atoms with Crippen LogP contribution < -0.4 is 4.74 Å². The first-order valence-electron chi connectivity index (χ1n) is 8.95. The van der Waals surface area contributed by atoms with Crippen LogP contribution in [-0.2, 0) is 10.2 Å². The van der Waals surface area contributed by atoms with Crippen LogP contribution >= 0.6 is 0 Å². The highest BCUT2D eigenvalue weighted by atomic mass is 16.5. The van der Waals surface area contributed by atoms with Gasteiger partial charge >= 0.3 is 0 Å². The predicted octanol–water partition coefficient (Wildman–Crippen LogP) is 3.95. The van der Waals surface area contributed by atoms with Crippen LogP contribution in [0.2, 0.25) is 0 Å². The Balaban J connectivity index is 1.88. The third-order valence-electron chi connectivity index (χ3n) is 4.89. The van der Waals surface area contributed by atoms with Crippen molar-refractivity contribution >= 4 is 5.91 Å². The molecule has 26 heavy (non-hydrogen) atoms. The summed E-state index contributed by atoms with van der Waals surface area (Å²) in [5.74, 6) is 0.787. The van der Waals surface area contributed by atoms with Crippen LogP contribution in [0.5, 0.6) is 5.75 Å². The average molecular weight is 355 g/mol. The zero-order valence-corrected chi connectivity index (χ0v) is 16.1. The minimum absolute atomic E-state index is 0.0431. The molecule has 0 radical (unpaired) electrons. The van der Waals surface area contributed by atoms with E-state index in [0.29, 0.717) is 6.42 Å². The highest BCUT2D eigenvalue weighted by Gasteiger charge is 2.23. The van der Waals surface area contributed by atoms with Gasteiger partial charge in [-0.3, -0.25) is 4.79 Å². The van der Waals surface area contributed by atoms with Crippen molar-refractivity contribution in [2.45, 2.75) is 38.2 Å². The van der Waals surface area contributed by atoms with Crippen LogP contribution in [-0.4, -0.2) is 36.6 Å². The molecule has 4 heteroatoms. The second-order valence-corrected chi connectivity index (χ2v) is 7.31. The molecule has 1 N–H and O–H groups in total. The molecule has 4 nitrogen and oxygen atoms in total. The number of likely N-dealkylation sites (N-methyl/N-ethyl adjacent to an activating group) is 1. The number of methoxy groups -OCH3 is 1. The van der Waals surface area contributed by atoms with Gasteiger partial charge in [0.25, 0.3) is 0 Å². The molecule has 0 aliphatic heterocycles. The topological polar surface area (TPSA) is 49.8 Å². The molecule has 1 amide bonds. The lowest BCUT2D eigenvalue weighted by atomic mass is 9.80. The number of hydrogen-bond donors (Lipinski definition) is 1. The number of aliphatic hydroxyl groups is 1. The third-order valence-corrected chi connectivity index (χ3v) is 4.89. The number of ether oxygens (including phenoxy) is 1. The quantitative estimate of drug-likeness (QED) is 0.780. The van der Waals surface area contributed by atoms with Crippen molar-refractivity contribution in [1.29, 1.82) is 0 Å². The average Bonchev–Trinajstić information content (AvgIpc) is 2.66. The lowest BCUT2D eigenvalue weighted by molar-refractivity contribution is -0.131. The molecule has 0 aliphatic carbocycles. The molecule has 0 fully saturated rings. The molecule has 2 rings (SSSR count). The number of rotatable bonds is 8. The Morgan fingerprint density at radius 2 is 1.73 bits per heavy atom. The summed E-state index contributed by atoms with van der Waals surface area (Å²) in [6.45, 7) is 4.58. The Kier molecular flexibility index (Phi) is 6.81. The van der Waals surface area contributed by atoms with Crippen LogP contribution in [0, 0.1) is 0 Å². The summed E-state index contributed by atoms with van der Waals surface area (Å²) in [5, 5.41) is 10.4. The second-order valence-electron chi connectivity index (χ2n) is 7.31. The van der Waals surface area contributed by atoms with E-state index in [1.165, 1.54) is 5.56 Å². The molecule has 0 heterocycles. The van der Waals surface area contributed by atoms with Gasteiger partial charge in [0.15, 0.2) is 0 Å². The second kappa shape index (κ2) is 8.86. The standard InChI is InChI=1S/C22H29NO3/c1-22(2,18-8-6-5-7-9-18)15-14-21(25)23(3)16-20(24)17-10-12-19(26-4)13-11-17/h5-13,20,24H,14-16H2,1-4H3. The van der Waals surface area contributed by atoms with E-state index in [1.54, 1.807) is 19.1 Å². The van der Waals surface area contributed by atoms with E-state index >= 15 is 0 Å². The fourth-order valence-electron chi connectivity index (χ4n) is 2.94. The number of carbonyl (C=O) groups excluding carboxylic acids is 1. The van der Waals surface area contributed by atoms with Gasteiger partial charge in [0.2, 0.25) is 5.91 Å². The molecule has 2 aromatic rings. The number of carbonyl (C=O) groups is 1. The normalized spacial score (nSPS) is 12.5. The largest absolute Gasteiger partial charge is 0.497 e. The number of aliphatic hydroxyl groups excluding tert-OH is 1. The molecule has 0 aromatic heterocycles. The minimum atomic E-state index is -0.711. The van der Waals surface area contributed by atoms with Crippen LogP contribution in [0.3, 0.4) is 0 Å². The van der Waals surface area contributed by atoms with Gasteiger partial charge in [-0.1, -0.05) is 56.3 Å². The van der Waals surface area contributed by atoms with Crippen LogP contribution in [0.4, 0.5) is 0 Å². The third kappa shape index (κ3) is 5.33. The van der Waals surface area contributed by atoms with Gasteiger partial charge < -0.3 is 14.7 Å². The number of nitrogens with zero attached hydrogens (tertiary/aromatic N) is 1. The minimum Gasteiger partial charge on any atom is -0.497 e. The maximum Gasteiger partial charge on any atom is 0.222 e. The summed E-state index contributed by atoms with van der Waals surface area (Å²) in [4.78, 5) is 14.1. The zero-order valence-electron chi connectivity index (χ0n) is 16.1. The van der Waals surface area contributed by atoms with Crippen LogP contribution in [0.25, 0.3) is 0 Å². The van der Waals surface area contributed by atoms with E-state index in [0.717, 1.165) is 17.7 Å². The van der Waals surface area contributed by atoms with Gasteiger partial charge in [-0.15, -0.1) is 0 Å². The van der Waals surface area contributed by atoms with Gasteiger partial charge in [-0.25, -0.2) is 0 Å². The highest BCUT2D eigenvalue weighted by molar-refractivity contribution is 5.76. The van der Waals surface area contributed by atoms with Crippen molar-refractivity contribution in [3.63, 3.8) is 0 Å². The summed E-state index contributed by atoms with van der Waals surface area (Å²) in [6, 6.07) is 17.5. The highest BCUT2D eigenvalue weighted by Crippen LogP contribution is 2.28. The summed E-state index contributed by atoms with van der Waals surface area (Å²) < 4.78 is 5.12. The van der Waals surface area contributed by atoms with Gasteiger partial charge in [0.05, 0.1) is 19.8 Å². The smallest absolute Gasteiger partial charge is 0.222 e. The molecule has 0 saturated heterocycles. The number of benzene rings is 2. The van der Waals surface area contributed by atoms with Crippen molar-refractivity contribution in [1.82, 2.24) is 4.90 Å². The van der Waals surface area contributed by atoms with Gasteiger partial charge in [-0.2, -0.15) is 0 Å². The van der Waals surface area contributed by atoms with E-state index in [-0.39, 0.29) is 17.9 Å². The van der Waals surface area contributed by atoms with Gasteiger partial charge in [0.1, 0.15) is 5.75 Å². The Morgan fingerprint density at radius 1 is 1.12 bits per heavy atom. The first-order valence-corrected chi connectivity index (χ1v) is 8.95. The Morgan fingerprint density at radius 3 is 2.31 bits per heavy atom. The predicted molar refractivity (Wildman–Crippen MR) is 104 cm³/mol. The van der Waals surface area contributed by atoms with E-state index in [9.17, 15) is 9.90 Å². The molecule has 140 valence electrons. The summed E-state index contributed by atoms with van der Waals surface area (Å²) in [6.07, 6.45) is 0.504. The molecular formula is C22H29NO3. The maximum absolute atomic E-state index is 12.5. The van der Waals surface area contributed by atoms with Crippen LogP contribution in [0.15, 0.2) is 54.6 Å². The Bertz CT molecular complexity index is 695. The molecule has 0 spiro atoms. The Labute approximate surface area is 156 Å². The van der Waals surface area contributed by atoms with E-state index in [1.807, 2.05) is 42.5 Å². The molecular weight excluding hydrogens is 326 g/mol. The number of amides is 1. The van der Waals surface area contributed by atoms with Gasteiger partial charge in [-0.05, 0) is 35.1 Å². The summed E-state index contributed by atoms with van der Waals surface area (Å²) in [5.41, 5.74) is 1.94. The van der Waals surface area contributed by atoms with Crippen molar-refractivity contribution in [2.75, 3.05) is 20.7 Å². The zero-order chi connectivity index (χ0) is 19.2. The maximum atomic E-state index is 12.5.